The summed E-state index contributed by atoms with van der Waals surface area (Å²) in [6, 6.07) is 3.36. The van der Waals surface area contributed by atoms with Crippen molar-refractivity contribution in [3.05, 3.63) is 23.4 Å². The van der Waals surface area contributed by atoms with E-state index in [1.165, 1.54) is 0 Å². The van der Waals surface area contributed by atoms with Gasteiger partial charge in [0.2, 0.25) is 0 Å². The number of nitrogens with zero attached hydrogens (tertiary/aromatic N) is 2. The van der Waals surface area contributed by atoms with Crippen LogP contribution < -0.4 is 4.90 Å². The SMILES string of the molecule is Cc1ccc2c(n1)N(C)CC(C(=O)O)C2=O. The number of Topliss-reactive ketones (excluding diaryl/α,β-unsaturated/α-hetero) is 1. The minimum Gasteiger partial charge on any atom is -0.481 e. The molecule has 0 radical (unpaired) electrons. The maximum Gasteiger partial charge on any atom is 0.316 e. The largest absolute Gasteiger partial charge is 0.481 e. The van der Waals surface area contributed by atoms with Crippen LogP contribution in [0.25, 0.3) is 0 Å². The van der Waals surface area contributed by atoms with E-state index in [0.29, 0.717) is 11.4 Å². The lowest BCUT2D eigenvalue weighted by atomic mass is 9.93. The Morgan fingerprint density at radius 3 is 2.88 bits per heavy atom. The Morgan fingerprint density at radius 2 is 2.25 bits per heavy atom. The molecule has 0 aliphatic carbocycles. The average molecular weight is 220 g/mol. The van der Waals surface area contributed by atoms with E-state index in [1.54, 1.807) is 24.1 Å². The first-order valence-electron chi connectivity index (χ1n) is 4.96. The maximum atomic E-state index is 11.9. The maximum absolute atomic E-state index is 11.9. The third-order valence-corrected chi connectivity index (χ3v) is 2.71. The zero-order valence-electron chi connectivity index (χ0n) is 9.10. The summed E-state index contributed by atoms with van der Waals surface area (Å²) < 4.78 is 0. The molecular formula is C11H12N2O3. The molecule has 1 aromatic heterocycles. The van der Waals surface area contributed by atoms with Gasteiger partial charge in [-0.2, -0.15) is 0 Å². The average Bonchev–Trinajstić information content (AvgIpc) is 2.22. The van der Waals surface area contributed by atoms with Crippen LogP contribution in [0.4, 0.5) is 5.82 Å². The molecule has 1 aliphatic rings. The fourth-order valence-corrected chi connectivity index (χ4v) is 1.85. The van der Waals surface area contributed by atoms with Crippen LogP contribution in [0.15, 0.2) is 12.1 Å². The summed E-state index contributed by atoms with van der Waals surface area (Å²) >= 11 is 0. The summed E-state index contributed by atoms with van der Waals surface area (Å²) in [5.74, 6) is -1.85. The van der Waals surface area contributed by atoms with E-state index >= 15 is 0 Å². The second kappa shape index (κ2) is 3.59. The van der Waals surface area contributed by atoms with E-state index < -0.39 is 11.9 Å². The number of fused-ring (bicyclic) bond motifs is 1. The van der Waals surface area contributed by atoms with Crippen LogP contribution in [0.5, 0.6) is 0 Å². The van der Waals surface area contributed by atoms with Crippen molar-refractivity contribution in [2.45, 2.75) is 6.92 Å². The molecule has 1 aromatic rings. The minimum absolute atomic E-state index is 0.178. The van der Waals surface area contributed by atoms with Crippen molar-refractivity contribution in [3.8, 4) is 0 Å². The van der Waals surface area contributed by atoms with E-state index in [-0.39, 0.29) is 12.3 Å². The molecule has 0 amide bonds. The molecule has 1 atom stereocenters. The molecule has 16 heavy (non-hydrogen) atoms. The highest BCUT2D eigenvalue weighted by Gasteiger charge is 2.35. The molecule has 5 nitrogen and oxygen atoms in total. The van der Waals surface area contributed by atoms with Crippen LogP contribution >= 0.6 is 0 Å². The molecule has 84 valence electrons. The number of ketones is 1. The Morgan fingerprint density at radius 1 is 1.56 bits per heavy atom. The number of aryl methyl sites for hydroxylation is 1. The second-order valence-corrected chi connectivity index (χ2v) is 3.96. The van der Waals surface area contributed by atoms with Gasteiger partial charge in [0.1, 0.15) is 11.7 Å². The highest BCUT2D eigenvalue weighted by Crippen LogP contribution is 2.27. The Kier molecular flexibility index (Phi) is 2.38. The van der Waals surface area contributed by atoms with Crippen molar-refractivity contribution in [1.29, 1.82) is 0 Å². The molecule has 1 unspecified atom stereocenters. The first-order valence-corrected chi connectivity index (χ1v) is 4.96. The highest BCUT2D eigenvalue weighted by atomic mass is 16.4. The third kappa shape index (κ3) is 1.54. The molecule has 1 aliphatic heterocycles. The summed E-state index contributed by atoms with van der Waals surface area (Å²) in [6.45, 7) is 2.01. The van der Waals surface area contributed by atoms with Gasteiger partial charge in [-0.15, -0.1) is 0 Å². The van der Waals surface area contributed by atoms with Gasteiger partial charge in [-0.3, -0.25) is 9.59 Å². The lowest BCUT2D eigenvalue weighted by Crippen LogP contribution is -2.41. The van der Waals surface area contributed by atoms with Crippen molar-refractivity contribution < 1.29 is 14.7 Å². The molecule has 5 heteroatoms. The van der Waals surface area contributed by atoms with Gasteiger partial charge in [-0.1, -0.05) is 0 Å². The van der Waals surface area contributed by atoms with Crippen molar-refractivity contribution in [2.75, 3.05) is 18.5 Å². The summed E-state index contributed by atoms with van der Waals surface area (Å²) in [5.41, 5.74) is 1.21. The number of carboxylic acids is 1. The fraction of sp³-hybridized carbons (Fsp3) is 0.364. The first kappa shape index (κ1) is 10.6. The number of rotatable bonds is 1. The Balaban J connectivity index is 2.51. The van der Waals surface area contributed by atoms with Gasteiger partial charge in [-0.05, 0) is 19.1 Å². The van der Waals surface area contributed by atoms with E-state index in [1.807, 2.05) is 6.92 Å². The van der Waals surface area contributed by atoms with Gasteiger partial charge in [0.15, 0.2) is 5.78 Å². The minimum atomic E-state index is -1.08. The Hall–Kier alpha value is -1.91. The normalized spacial score (nSPS) is 19.5. The van der Waals surface area contributed by atoms with Gasteiger partial charge in [0.05, 0.1) is 5.56 Å². The summed E-state index contributed by atoms with van der Waals surface area (Å²) in [6.07, 6.45) is 0. The topological polar surface area (TPSA) is 70.5 Å². The van der Waals surface area contributed by atoms with Gasteiger partial charge in [0.25, 0.3) is 0 Å². The van der Waals surface area contributed by atoms with Gasteiger partial charge in [-0.25, -0.2) is 4.98 Å². The third-order valence-electron chi connectivity index (χ3n) is 2.71. The molecule has 2 rings (SSSR count). The van der Waals surface area contributed by atoms with Crippen LogP contribution in [-0.2, 0) is 4.79 Å². The molecule has 0 bridgehead atoms. The number of hydrogen-bond acceptors (Lipinski definition) is 4. The number of pyridine rings is 1. The van der Waals surface area contributed by atoms with Crippen molar-refractivity contribution >= 4 is 17.6 Å². The first-order chi connectivity index (χ1) is 7.50. The van der Waals surface area contributed by atoms with Crippen molar-refractivity contribution in [1.82, 2.24) is 4.98 Å². The van der Waals surface area contributed by atoms with Crippen molar-refractivity contribution in [2.24, 2.45) is 5.92 Å². The van der Waals surface area contributed by atoms with E-state index in [2.05, 4.69) is 4.98 Å². The Labute approximate surface area is 92.7 Å². The molecule has 0 aromatic carbocycles. The van der Waals surface area contributed by atoms with E-state index in [9.17, 15) is 9.59 Å². The number of aliphatic carboxylic acids is 1. The zero-order chi connectivity index (χ0) is 11.9. The predicted molar refractivity (Wildman–Crippen MR) is 57.7 cm³/mol. The van der Waals surface area contributed by atoms with Crippen LogP contribution in [-0.4, -0.2) is 35.4 Å². The smallest absolute Gasteiger partial charge is 0.316 e. The van der Waals surface area contributed by atoms with Crippen LogP contribution in [0.1, 0.15) is 16.1 Å². The Bertz CT molecular complexity index is 470. The highest BCUT2D eigenvalue weighted by molar-refractivity contribution is 6.12. The van der Waals surface area contributed by atoms with Gasteiger partial charge >= 0.3 is 5.97 Å². The monoisotopic (exact) mass is 220 g/mol. The second-order valence-electron chi connectivity index (χ2n) is 3.96. The molecule has 2 heterocycles. The predicted octanol–water partition coefficient (Wildman–Crippen LogP) is 0.723. The lowest BCUT2D eigenvalue weighted by molar-refractivity contribution is -0.139. The standard InChI is InChI=1S/C11H12N2O3/c1-6-3-4-7-9(14)8(11(15)16)5-13(2)10(7)12-6/h3-4,8H,5H2,1-2H3,(H,15,16). The van der Waals surface area contributed by atoms with Crippen LogP contribution in [0.3, 0.4) is 0 Å². The van der Waals surface area contributed by atoms with Gasteiger partial charge in [0, 0.05) is 19.3 Å². The van der Waals surface area contributed by atoms with Gasteiger partial charge < -0.3 is 10.0 Å². The molecule has 0 saturated heterocycles. The number of aromatic nitrogens is 1. The molecular weight excluding hydrogens is 208 g/mol. The number of hydrogen-bond donors (Lipinski definition) is 1. The molecule has 0 saturated carbocycles. The fourth-order valence-electron chi connectivity index (χ4n) is 1.85. The number of carbonyl (C=O) groups is 2. The lowest BCUT2D eigenvalue weighted by Gasteiger charge is -2.29. The quantitative estimate of drug-likeness (QED) is 0.706. The number of carbonyl (C=O) groups excluding carboxylic acids is 1. The molecule has 1 N–H and O–H groups in total. The molecule has 0 fully saturated rings. The van der Waals surface area contributed by atoms with Crippen molar-refractivity contribution in [3.63, 3.8) is 0 Å². The van der Waals surface area contributed by atoms with Crippen LogP contribution in [0.2, 0.25) is 0 Å². The van der Waals surface area contributed by atoms with E-state index in [4.69, 9.17) is 5.11 Å². The zero-order valence-corrected chi connectivity index (χ0v) is 9.10. The summed E-state index contributed by atoms with van der Waals surface area (Å²) in [7, 11) is 1.74. The number of anilines is 1. The molecule has 0 spiro atoms. The summed E-state index contributed by atoms with van der Waals surface area (Å²) in [5, 5.41) is 8.94. The van der Waals surface area contributed by atoms with Crippen LogP contribution in [0, 0.1) is 12.8 Å². The summed E-state index contributed by atoms with van der Waals surface area (Å²) in [4.78, 5) is 28.7. The number of carboxylic acid groups (broad SMARTS) is 1. The van der Waals surface area contributed by atoms with E-state index in [0.717, 1.165) is 5.69 Å².